The first-order valence-corrected chi connectivity index (χ1v) is 6.54. The van der Waals surface area contributed by atoms with Gasteiger partial charge in [0.05, 0.1) is 0 Å². The van der Waals surface area contributed by atoms with Crippen LogP contribution in [0.3, 0.4) is 0 Å². The highest BCUT2D eigenvalue weighted by Crippen LogP contribution is 2.15. The van der Waals surface area contributed by atoms with Crippen LogP contribution in [0.5, 0.6) is 0 Å². The fraction of sp³-hybridized carbons (Fsp3) is 0.0769. The van der Waals surface area contributed by atoms with Crippen LogP contribution in [0, 0.1) is 0 Å². The zero-order valence-corrected chi connectivity index (χ0v) is 11.9. The number of nitrogens with one attached hydrogen (secondary N) is 1. The smallest absolute Gasteiger partial charge is 0.251 e. The Balaban J connectivity index is 2.05. The molecule has 0 spiro atoms. The third-order valence-corrected chi connectivity index (χ3v) is 2.99. The lowest BCUT2D eigenvalue weighted by atomic mass is 10.2. The number of hydrogen-bond acceptors (Lipinski definition) is 2. The number of carbonyl (C=O) groups excluding carboxylic acids is 1. The zero-order chi connectivity index (χ0) is 13.8. The van der Waals surface area contributed by atoms with Gasteiger partial charge in [-0.2, -0.15) is 0 Å². The molecule has 1 aromatic heterocycles. The van der Waals surface area contributed by atoms with Crippen molar-refractivity contribution < 1.29 is 4.79 Å². The van der Waals surface area contributed by atoms with Crippen molar-refractivity contribution in [2.24, 2.45) is 0 Å². The van der Waals surface area contributed by atoms with Crippen LogP contribution in [0.2, 0.25) is 15.3 Å². The first-order valence-electron chi connectivity index (χ1n) is 5.40. The van der Waals surface area contributed by atoms with Gasteiger partial charge in [-0.15, -0.1) is 0 Å². The van der Waals surface area contributed by atoms with Crippen LogP contribution in [0.4, 0.5) is 0 Å². The Bertz CT molecular complexity index is 596. The fourth-order valence-corrected chi connectivity index (χ4v) is 2.20. The zero-order valence-electron chi connectivity index (χ0n) is 9.66. The summed E-state index contributed by atoms with van der Waals surface area (Å²) in [6, 6.07) is 10.2. The van der Waals surface area contributed by atoms with E-state index in [1.165, 1.54) is 12.1 Å². The molecule has 0 unspecified atom stereocenters. The highest BCUT2D eigenvalue weighted by molar-refractivity contribution is 6.33. The van der Waals surface area contributed by atoms with Crippen molar-refractivity contribution >= 4 is 40.7 Å². The van der Waals surface area contributed by atoms with E-state index < -0.39 is 0 Å². The second kappa shape index (κ2) is 6.24. The number of benzene rings is 1. The molecule has 6 heteroatoms. The molecule has 0 aliphatic rings. The summed E-state index contributed by atoms with van der Waals surface area (Å²) < 4.78 is 0. The number of aromatic nitrogens is 1. The van der Waals surface area contributed by atoms with Crippen LogP contribution in [0.15, 0.2) is 36.4 Å². The average Bonchev–Trinajstić information content (AvgIpc) is 2.35. The van der Waals surface area contributed by atoms with Gasteiger partial charge in [-0.05, 0) is 29.8 Å². The Hall–Kier alpha value is -1.29. The number of halogens is 3. The van der Waals surface area contributed by atoms with E-state index in [1.807, 2.05) is 12.1 Å². The standard InChI is InChI=1S/C13H9Cl3N2O/c14-10-3-1-2-8(4-10)7-17-13(19)9-5-11(15)18-12(16)6-9/h1-6H,7H2,(H,17,19). The maximum atomic E-state index is 11.9. The Morgan fingerprint density at radius 3 is 2.42 bits per heavy atom. The first kappa shape index (κ1) is 14.1. The normalized spacial score (nSPS) is 10.3. The monoisotopic (exact) mass is 314 g/mol. The summed E-state index contributed by atoms with van der Waals surface area (Å²) in [6.07, 6.45) is 0. The van der Waals surface area contributed by atoms with Crippen molar-refractivity contribution in [2.75, 3.05) is 0 Å². The second-order valence-electron chi connectivity index (χ2n) is 3.81. The maximum Gasteiger partial charge on any atom is 0.251 e. The molecule has 0 aliphatic carbocycles. The van der Waals surface area contributed by atoms with Crippen LogP contribution < -0.4 is 5.32 Å². The van der Waals surface area contributed by atoms with Crippen molar-refractivity contribution in [3.63, 3.8) is 0 Å². The van der Waals surface area contributed by atoms with E-state index >= 15 is 0 Å². The lowest BCUT2D eigenvalue weighted by molar-refractivity contribution is 0.0951. The number of hydrogen-bond donors (Lipinski definition) is 1. The van der Waals surface area contributed by atoms with E-state index in [2.05, 4.69) is 10.3 Å². The van der Waals surface area contributed by atoms with Gasteiger partial charge in [0.2, 0.25) is 0 Å². The number of carbonyl (C=O) groups is 1. The molecule has 0 fully saturated rings. The predicted octanol–water partition coefficient (Wildman–Crippen LogP) is 3.97. The SMILES string of the molecule is O=C(NCc1cccc(Cl)c1)c1cc(Cl)nc(Cl)c1. The average molecular weight is 316 g/mol. The lowest BCUT2D eigenvalue weighted by Gasteiger charge is -2.06. The Kier molecular flexibility index (Phi) is 4.64. The molecule has 0 saturated carbocycles. The van der Waals surface area contributed by atoms with E-state index in [9.17, 15) is 4.79 Å². The quantitative estimate of drug-likeness (QED) is 0.871. The van der Waals surface area contributed by atoms with E-state index in [4.69, 9.17) is 34.8 Å². The summed E-state index contributed by atoms with van der Waals surface area (Å²) in [4.78, 5) is 15.7. The largest absolute Gasteiger partial charge is 0.348 e. The molecule has 0 atom stereocenters. The third-order valence-electron chi connectivity index (χ3n) is 2.37. The molecular formula is C13H9Cl3N2O. The van der Waals surface area contributed by atoms with Gasteiger partial charge in [-0.25, -0.2) is 4.98 Å². The molecule has 1 N–H and O–H groups in total. The third kappa shape index (κ3) is 4.10. The van der Waals surface area contributed by atoms with Gasteiger partial charge in [-0.1, -0.05) is 46.9 Å². The lowest BCUT2D eigenvalue weighted by Crippen LogP contribution is -2.22. The second-order valence-corrected chi connectivity index (χ2v) is 5.02. The van der Waals surface area contributed by atoms with Gasteiger partial charge in [0.15, 0.2) is 0 Å². The van der Waals surface area contributed by atoms with E-state index in [1.54, 1.807) is 12.1 Å². The molecule has 0 aliphatic heterocycles. The summed E-state index contributed by atoms with van der Waals surface area (Å²) in [6.45, 7) is 0.372. The molecule has 98 valence electrons. The van der Waals surface area contributed by atoms with Crippen molar-refractivity contribution in [3.8, 4) is 0 Å². The van der Waals surface area contributed by atoms with Gasteiger partial charge in [0.1, 0.15) is 10.3 Å². The highest BCUT2D eigenvalue weighted by Gasteiger charge is 2.08. The van der Waals surface area contributed by atoms with Gasteiger partial charge in [0.25, 0.3) is 5.91 Å². The Morgan fingerprint density at radius 2 is 1.79 bits per heavy atom. The Morgan fingerprint density at radius 1 is 1.11 bits per heavy atom. The van der Waals surface area contributed by atoms with E-state index in [-0.39, 0.29) is 16.2 Å². The maximum absolute atomic E-state index is 11.9. The summed E-state index contributed by atoms with van der Waals surface area (Å²) in [7, 11) is 0. The molecule has 3 nitrogen and oxygen atoms in total. The van der Waals surface area contributed by atoms with Gasteiger partial charge < -0.3 is 5.32 Å². The molecule has 0 radical (unpaired) electrons. The van der Waals surface area contributed by atoms with Crippen LogP contribution in [-0.2, 0) is 6.54 Å². The molecule has 1 heterocycles. The summed E-state index contributed by atoms with van der Waals surface area (Å²) in [5.74, 6) is -0.272. The summed E-state index contributed by atoms with van der Waals surface area (Å²) in [5, 5.41) is 3.74. The molecular weight excluding hydrogens is 307 g/mol. The van der Waals surface area contributed by atoms with Gasteiger partial charge >= 0.3 is 0 Å². The topological polar surface area (TPSA) is 42.0 Å². The molecule has 2 aromatic rings. The van der Waals surface area contributed by atoms with Gasteiger partial charge in [0, 0.05) is 17.1 Å². The van der Waals surface area contributed by atoms with Gasteiger partial charge in [-0.3, -0.25) is 4.79 Å². The molecule has 1 aromatic carbocycles. The molecule has 2 rings (SSSR count). The number of amides is 1. The summed E-state index contributed by atoms with van der Waals surface area (Å²) >= 11 is 17.3. The van der Waals surface area contributed by atoms with E-state index in [0.29, 0.717) is 17.1 Å². The number of nitrogens with zero attached hydrogens (tertiary/aromatic N) is 1. The van der Waals surface area contributed by atoms with Crippen molar-refractivity contribution in [2.45, 2.75) is 6.54 Å². The Labute approximate surface area is 125 Å². The summed E-state index contributed by atoms with van der Waals surface area (Å²) in [5.41, 5.74) is 1.28. The minimum Gasteiger partial charge on any atom is -0.348 e. The molecule has 1 amide bonds. The molecule has 19 heavy (non-hydrogen) atoms. The minimum absolute atomic E-state index is 0.181. The van der Waals surface area contributed by atoms with Crippen molar-refractivity contribution in [1.29, 1.82) is 0 Å². The number of pyridine rings is 1. The van der Waals surface area contributed by atoms with Crippen LogP contribution >= 0.6 is 34.8 Å². The van der Waals surface area contributed by atoms with Crippen LogP contribution in [0.25, 0.3) is 0 Å². The molecule has 0 saturated heterocycles. The van der Waals surface area contributed by atoms with E-state index in [0.717, 1.165) is 5.56 Å². The number of rotatable bonds is 3. The van der Waals surface area contributed by atoms with Crippen LogP contribution in [-0.4, -0.2) is 10.9 Å². The molecule has 0 bridgehead atoms. The highest BCUT2D eigenvalue weighted by atomic mass is 35.5. The van der Waals surface area contributed by atoms with Crippen molar-refractivity contribution in [1.82, 2.24) is 10.3 Å². The first-order chi connectivity index (χ1) is 9.04. The minimum atomic E-state index is -0.272. The predicted molar refractivity (Wildman–Crippen MR) is 76.9 cm³/mol. The van der Waals surface area contributed by atoms with Crippen LogP contribution in [0.1, 0.15) is 15.9 Å². The van der Waals surface area contributed by atoms with Crippen molar-refractivity contribution in [3.05, 3.63) is 62.9 Å². The fourth-order valence-electron chi connectivity index (χ4n) is 1.53.